The minimum Gasteiger partial charge on any atom is -0.404 e. The highest BCUT2D eigenvalue weighted by molar-refractivity contribution is 7.97. The van der Waals surface area contributed by atoms with E-state index in [4.69, 9.17) is 0 Å². The number of hydrogen-bond donors (Lipinski definition) is 3. The van der Waals surface area contributed by atoms with E-state index in [2.05, 4.69) is 29.7 Å². The number of H-pyrrole nitrogens is 1. The van der Waals surface area contributed by atoms with Gasteiger partial charge in [0.25, 0.3) is 0 Å². The average Bonchev–Trinajstić information content (AvgIpc) is 2.98. The number of hydrogen-bond acceptors (Lipinski definition) is 6. The third-order valence-electron chi connectivity index (χ3n) is 3.00. The van der Waals surface area contributed by atoms with Gasteiger partial charge in [-0.1, -0.05) is 0 Å². The van der Waals surface area contributed by atoms with Crippen molar-refractivity contribution in [3.05, 3.63) is 36.8 Å². The largest absolute Gasteiger partial charge is 0.573 e. The summed E-state index contributed by atoms with van der Waals surface area (Å²) in [7, 11) is 1.71. The van der Waals surface area contributed by atoms with Gasteiger partial charge in [-0.3, -0.25) is 4.72 Å². The molecule has 0 atom stereocenters. The molecule has 0 aliphatic heterocycles. The predicted molar refractivity (Wildman–Crippen MR) is 85.2 cm³/mol. The second-order valence-corrected chi connectivity index (χ2v) is 5.68. The molecule has 0 fully saturated rings. The van der Waals surface area contributed by atoms with Crippen molar-refractivity contribution in [3.8, 4) is 5.75 Å². The van der Waals surface area contributed by atoms with E-state index in [1.807, 2.05) is 0 Å². The van der Waals surface area contributed by atoms with E-state index in [9.17, 15) is 13.2 Å². The average molecular weight is 355 g/mol. The number of ether oxygens (including phenoxy) is 1. The highest BCUT2D eigenvalue weighted by atomic mass is 32.2. The topological polar surface area (TPSA) is 74.9 Å². The van der Waals surface area contributed by atoms with Gasteiger partial charge in [0.05, 0.1) is 11.1 Å². The van der Waals surface area contributed by atoms with Gasteiger partial charge in [-0.05, 0) is 43.3 Å². The van der Waals surface area contributed by atoms with Crippen LogP contribution in [-0.2, 0) is 0 Å². The Morgan fingerprint density at radius 1 is 1.21 bits per heavy atom. The number of rotatable bonds is 5. The maximum Gasteiger partial charge on any atom is 0.573 e. The fourth-order valence-corrected chi connectivity index (χ4v) is 2.65. The maximum absolute atomic E-state index is 12.6. The van der Waals surface area contributed by atoms with Gasteiger partial charge in [-0.15, -0.1) is 13.2 Å². The van der Waals surface area contributed by atoms with Crippen LogP contribution < -0.4 is 14.8 Å². The molecular weight excluding hydrogens is 343 g/mol. The van der Waals surface area contributed by atoms with E-state index in [0.717, 1.165) is 0 Å². The summed E-state index contributed by atoms with van der Waals surface area (Å²) >= 11 is 1.27. The van der Waals surface area contributed by atoms with E-state index in [1.165, 1.54) is 30.4 Å². The van der Waals surface area contributed by atoms with Crippen LogP contribution in [0.1, 0.15) is 0 Å². The number of alkyl halides is 3. The number of halogens is 3. The van der Waals surface area contributed by atoms with Crippen LogP contribution >= 0.6 is 11.9 Å². The molecule has 0 spiro atoms. The molecule has 0 saturated heterocycles. The van der Waals surface area contributed by atoms with Crippen molar-refractivity contribution in [1.29, 1.82) is 0 Å². The van der Waals surface area contributed by atoms with Crippen LogP contribution in [0.5, 0.6) is 5.75 Å². The van der Waals surface area contributed by atoms with E-state index in [-0.39, 0.29) is 11.4 Å². The Balaban J connectivity index is 2.00. The zero-order valence-electron chi connectivity index (χ0n) is 12.3. The fraction of sp³-hybridized carbons (Fsp3) is 0.143. The lowest BCUT2D eigenvalue weighted by Crippen LogP contribution is -2.18. The first-order chi connectivity index (χ1) is 11.5. The molecule has 3 rings (SSSR count). The van der Waals surface area contributed by atoms with Gasteiger partial charge in [0.1, 0.15) is 17.8 Å². The normalized spacial score (nSPS) is 11.7. The predicted octanol–water partition coefficient (Wildman–Crippen LogP) is 3.83. The quantitative estimate of drug-likeness (QED) is 0.604. The number of nitrogens with one attached hydrogen (secondary N) is 3. The van der Waals surface area contributed by atoms with Crippen molar-refractivity contribution in [3.63, 3.8) is 0 Å². The highest BCUT2D eigenvalue weighted by Crippen LogP contribution is 2.35. The molecular formula is C14H12F3N5OS. The van der Waals surface area contributed by atoms with Gasteiger partial charge in [-0.2, -0.15) is 0 Å². The summed E-state index contributed by atoms with van der Waals surface area (Å²) < 4.78 is 44.8. The Labute approximate surface area is 139 Å². The molecule has 24 heavy (non-hydrogen) atoms. The van der Waals surface area contributed by atoms with Crippen LogP contribution in [0.3, 0.4) is 0 Å². The van der Waals surface area contributed by atoms with Crippen LogP contribution in [0.4, 0.5) is 24.7 Å². The lowest BCUT2D eigenvalue weighted by atomic mass is 10.2. The minimum atomic E-state index is -4.79. The summed E-state index contributed by atoms with van der Waals surface area (Å²) in [5.74, 6) is 0.0325. The molecule has 3 N–H and O–H groups in total. The summed E-state index contributed by atoms with van der Waals surface area (Å²) in [4.78, 5) is 11.8. The van der Waals surface area contributed by atoms with Crippen molar-refractivity contribution in [1.82, 2.24) is 19.7 Å². The number of aromatic nitrogens is 3. The first-order valence-electron chi connectivity index (χ1n) is 6.75. The zero-order chi connectivity index (χ0) is 17.2. The van der Waals surface area contributed by atoms with Gasteiger partial charge in [0.15, 0.2) is 5.75 Å². The Kier molecular flexibility index (Phi) is 4.49. The van der Waals surface area contributed by atoms with Gasteiger partial charge in [0.2, 0.25) is 0 Å². The Morgan fingerprint density at radius 2 is 2.04 bits per heavy atom. The third kappa shape index (κ3) is 3.71. The van der Waals surface area contributed by atoms with Crippen LogP contribution in [0.15, 0.2) is 41.7 Å². The number of fused-ring (bicyclic) bond motifs is 1. The molecule has 6 nitrogen and oxygen atoms in total. The van der Waals surface area contributed by atoms with Crippen molar-refractivity contribution in [2.45, 2.75) is 11.3 Å². The fourth-order valence-electron chi connectivity index (χ4n) is 2.10. The number of aromatic amines is 1. The van der Waals surface area contributed by atoms with Crippen LogP contribution in [-0.4, -0.2) is 28.4 Å². The molecule has 0 amide bonds. The van der Waals surface area contributed by atoms with Crippen LogP contribution in [0, 0.1) is 0 Å². The molecule has 0 radical (unpaired) electrons. The smallest absolute Gasteiger partial charge is 0.404 e. The summed E-state index contributed by atoms with van der Waals surface area (Å²) in [6.07, 6.45) is -1.80. The third-order valence-corrected chi connectivity index (χ3v) is 3.70. The van der Waals surface area contributed by atoms with E-state index >= 15 is 0 Å². The standard InChI is InChI=1S/C14H12F3N5OS/c1-18-24-8-2-3-11(23-14(15,16)17)10(6-8)22-13-9-4-5-19-12(9)20-7-21-13/h2-7,18H,1H3,(H2,19,20,21,22). The number of nitrogens with zero attached hydrogens (tertiary/aromatic N) is 2. The van der Waals surface area contributed by atoms with Gasteiger partial charge in [-0.25, -0.2) is 9.97 Å². The van der Waals surface area contributed by atoms with Crippen molar-refractivity contribution >= 4 is 34.5 Å². The Hall–Kier alpha value is -2.46. The van der Waals surface area contributed by atoms with Gasteiger partial charge >= 0.3 is 6.36 Å². The lowest BCUT2D eigenvalue weighted by molar-refractivity contribution is -0.274. The Bertz CT molecular complexity index is 852. The van der Waals surface area contributed by atoms with E-state index in [0.29, 0.717) is 21.7 Å². The van der Waals surface area contributed by atoms with Gasteiger partial charge < -0.3 is 15.0 Å². The maximum atomic E-state index is 12.6. The summed E-state index contributed by atoms with van der Waals surface area (Å²) in [6.45, 7) is 0. The van der Waals surface area contributed by atoms with Crippen LogP contribution in [0.25, 0.3) is 11.0 Å². The molecule has 0 unspecified atom stereocenters. The second-order valence-electron chi connectivity index (χ2n) is 4.60. The molecule has 2 aromatic heterocycles. The van der Waals surface area contributed by atoms with E-state index < -0.39 is 6.36 Å². The summed E-state index contributed by atoms with van der Waals surface area (Å²) in [5, 5.41) is 3.54. The lowest BCUT2D eigenvalue weighted by Gasteiger charge is -2.15. The number of benzene rings is 1. The molecule has 1 aromatic carbocycles. The molecule has 0 saturated carbocycles. The monoisotopic (exact) mass is 355 g/mol. The Morgan fingerprint density at radius 3 is 2.79 bits per heavy atom. The van der Waals surface area contributed by atoms with Gasteiger partial charge in [0, 0.05) is 11.1 Å². The van der Waals surface area contributed by atoms with Crippen LogP contribution in [0.2, 0.25) is 0 Å². The van der Waals surface area contributed by atoms with Crippen molar-refractivity contribution < 1.29 is 17.9 Å². The first kappa shape index (κ1) is 16.4. The molecule has 0 aliphatic carbocycles. The molecule has 0 bridgehead atoms. The zero-order valence-corrected chi connectivity index (χ0v) is 13.1. The molecule has 10 heteroatoms. The van der Waals surface area contributed by atoms with E-state index in [1.54, 1.807) is 25.4 Å². The second kappa shape index (κ2) is 6.57. The number of anilines is 2. The SMILES string of the molecule is CNSc1ccc(OC(F)(F)F)c(Nc2ncnc3[nH]ccc23)c1. The molecule has 0 aliphatic rings. The first-order valence-corrected chi connectivity index (χ1v) is 7.56. The minimum absolute atomic E-state index is 0.147. The van der Waals surface area contributed by atoms with Crippen molar-refractivity contribution in [2.24, 2.45) is 0 Å². The molecule has 2 heterocycles. The highest BCUT2D eigenvalue weighted by Gasteiger charge is 2.32. The van der Waals surface area contributed by atoms with Crippen molar-refractivity contribution in [2.75, 3.05) is 12.4 Å². The molecule has 3 aromatic rings. The summed E-state index contributed by atoms with van der Waals surface area (Å²) in [6, 6.07) is 6.06. The molecule has 126 valence electrons. The summed E-state index contributed by atoms with van der Waals surface area (Å²) in [5.41, 5.74) is 0.723.